The first-order valence-corrected chi connectivity index (χ1v) is 8.60. The molecule has 8 heteroatoms. The zero-order valence-corrected chi connectivity index (χ0v) is 14.4. The highest BCUT2D eigenvalue weighted by atomic mass is 79.9. The minimum Gasteiger partial charge on any atom is -0.478 e. The predicted molar refractivity (Wildman–Crippen MR) is 82.1 cm³/mol. The summed E-state index contributed by atoms with van der Waals surface area (Å²) in [5.41, 5.74) is 0.362. The molecule has 0 heterocycles. The van der Waals surface area contributed by atoms with E-state index in [1.54, 1.807) is 13.8 Å². The maximum Gasteiger partial charge on any atom is 0.335 e. The Bertz CT molecular complexity index is 630. The first-order chi connectivity index (χ1) is 9.69. The van der Waals surface area contributed by atoms with Crippen molar-refractivity contribution in [3.63, 3.8) is 0 Å². The monoisotopic (exact) mass is 379 g/mol. The fourth-order valence-corrected chi connectivity index (χ4v) is 3.82. The van der Waals surface area contributed by atoms with Crippen LogP contribution in [0.15, 0.2) is 21.5 Å². The largest absolute Gasteiger partial charge is 0.478 e. The van der Waals surface area contributed by atoms with Gasteiger partial charge in [-0.15, -0.1) is 0 Å². The number of aromatic carboxylic acids is 1. The molecule has 0 amide bonds. The van der Waals surface area contributed by atoms with Crippen LogP contribution in [0.2, 0.25) is 0 Å². The van der Waals surface area contributed by atoms with Crippen LogP contribution in [0.3, 0.4) is 0 Å². The summed E-state index contributed by atoms with van der Waals surface area (Å²) in [5.74, 6) is -1.19. The number of nitrogens with one attached hydrogen (secondary N) is 1. The molecule has 0 radical (unpaired) electrons. The molecule has 1 atom stereocenters. The van der Waals surface area contributed by atoms with Crippen LogP contribution < -0.4 is 4.72 Å². The van der Waals surface area contributed by atoms with Gasteiger partial charge in [-0.05, 0) is 38.5 Å². The van der Waals surface area contributed by atoms with E-state index in [1.807, 2.05) is 6.92 Å². The molecule has 0 saturated heterocycles. The highest BCUT2D eigenvalue weighted by molar-refractivity contribution is 9.10. The number of hydrogen-bond acceptors (Lipinski definition) is 4. The Hall–Kier alpha value is -0.960. The number of sulfonamides is 1. The molecule has 0 aliphatic heterocycles. The lowest BCUT2D eigenvalue weighted by molar-refractivity contribution is 0.0696. The fourth-order valence-electron chi connectivity index (χ4n) is 1.71. The number of halogens is 1. The second kappa shape index (κ2) is 7.35. The second-order valence-electron chi connectivity index (χ2n) is 4.57. The Morgan fingerprint density at radius 1 is 1.48 bits per heavy atom. The smallest absolute Gasteiger partial charge is 0.335 e. The average Bonchev–Trinajstić information content (AvgIpc) is 2.38. The molecule has 0 fully saturated rings. The maximum atomic E-state index is 12.4. The third kappa shape index (κ3) is 4.77. The Labute approximate surface area is 132 Å². The van der Waals surface area contributed by atoms with Crippen LogP contribution in [0, 0.1) is 6.92 Å². The summed E-state index contributed by atoms with van der Waals surface area (Å²) in [4.78, 5) is 11.0. The van der Waals surface area contributed by atoms with Gasteiger partial charge < -0.3 is 9.84 Å². The van der Waals surface area contributed by atoms with Crippen LogP contribution in [-0.4, -0.2) is 38.7 Å². The lowest BCUT2D eigenvalue weighted by Crippen LogP contribution is -2.36. The Kier molecular flexibility index (Phi) is 6.33. The molecule has 0 spiro atoms. The number of hydrogen-bond donors (Lipinski definition) is 2. The van der Waals surface area contributed by atoms with E-state index in [0.717, 1.165) is 6.07 Å². The van der Waals surface area contributed by atoms with Gasteiger partial charge in [-0.3, -0.25) is 0 Å². The molecule has 1 aromatic rings. The van der Waals surface area contributed by atoms with Gasteiger partial charge in [-0.2, -0.15) is 0 Å². The Balaban J connectivity index is 3.16. The van der Waals surface area contributed by atoms with Crippen molar-refractivity contribution in [2.75, 3.05) is 13.2 Å². The van der Waals surface area contributed by atoms with Crippen molar-refractivity contribution in [3.05, 3.63) is 27.7 Å². The van der Waals surface area contributed by atoms with Gasteiger partial charge in [0, 0.05) is 17.1 Å². The number of carboxylic acid groups (broad SMARTS) is 1. The standard InChI is InChI=1S/C13H18BrNO5S/c1-4-20-7-8(2)15-21(18,19)12-6-10(13(16)17)5-11(14)9(12)3/h5-6,8,15H,4,7H2,1-3H3,(H,16,17). The van der Waals surface area contributed by atoms with E-state index in [4.69, 9.17) is 9.84 Å². The minimum absolute atomic E-state index is 0.0578. The van der Waals surface area contributed by atoms with Gasteiger partial charge in [0.2, 0.25) is 10.0 Å². The van der Waals surface area contributed by atoms with Crippen LogP contribution in [-0.2, 0) is 14.8 Å². The highest BCUT2D eigenvalue weighted by Crippen LogP contribution is 2.26. The molecule has 0 bridgehead atoms. The molecule has 0 saturated carbocycles. The number of rotatable bonds is 7. The summed E-state index contributed by atoms with van der Waals surface area (Å²) in [5, 5.41) is 9.03. The van der Waals surface area contributed by atoms with Crippen LogP contribution >= 0.6 is 15.9 Å². The maximum absolute atomic E-state index is 12.4. The molecule has 0 aliphatic rings. The molecule has 21 heavy (non-hydrogen) atoms. The van der Waals surface area contributed by atoms with Crippen molar-refractivity contribution in [2.45, 2.75) is 31.7 Å². The normalized spacial score (nSPS) is 13.1. The van der Waals surface area contributed by atoms with Gasteiger partial charge in [-0.25, -0.2) is 17.9 Å². The van der Waals surface area contributed by atoms with Gasteiger partial charge in [-0.1, -0.05) is 15.9 Å². The molecule has 1 unspecified atom stereocenters. The van der Waals surface area contributed by atoms with Crippen LogP contribution in [0.25, 0.3) is 0 Å². The fraction of sp³-hybridized carbons (Fsp3) is 0.462. The topological polar surface area (TPSA) is 92.7 Å². The van der Waals surface area contributed by atoms with Crippen molar-refractivity contribution < 1.29 is 23.1 Å². The molecule has 2 N–H and O–H groups in total. The average molecular weight is 380 g/mol. The number of carbonyl (C=O) groups is 1. The van der Waals surface area contributed by atoms with E-state index >= 15 is 0 Å². The molecular weight excluding hydrogens is 362 g/mol. The summed E-state index contributed by atoms with van der Waals surface area (Å²) in [7, 11) is -3.82. The highest BCUT2D eigenvalue weighted by Gasteiger charge is 2.23. The molecular formula is C13H18BrNO5S. The second-order valence-corrected chi connectivity index (χ2v) is 7.10. The zero-order chi connectivity index (χ0) is 16.2. The number of benzene rings is 1. The van der Waals surface area contributed by atoms with E-state index in [1.165, 1.54) is 6.07 Å². The SMILES string of the molecule is CCOCC(C)NS(=O)(=O)c1cc(C(=O)O)cc(Br)c1C. The molecule has 6 nitrogen and oxygen atoms in total. The van der Waals surface area contributed by atoms with Crippen molar-refractivity contribution >= 4 is 31.9 Å². The third-order valence-electron chi connectivity index (χ3n) is 2.76. The first-order valence-electron chi connectivity index (χ1n) is 6.32. The zero-order valence-electron chi connectivity index (χ0n) is 12.0. The summed E-state index contributed by atoms with van der Waals surface area (Å²) in [6, 6.07) is 2.11. The van der Waals surface area contributed by atoms with Crippen molar-refractivity contribution in [1.29, 1.82) is 0 Å². The van der Waals surface area contributed by atoms with Crippen molar-refractivity contribution in [3.8, 4) is 0 Å². The Morgan fingerprint density at radius 3 is 2.62 bits per heavy atom. The predicted octanol–water partition coefficient (Wildman–Crippen LogP) is 2.16. The van der Waals surface area contributed by atoms with Crippen LogP contribution in [0.1, 0.15) is 29.8 Å². The molecule has 118 valence electrons. The third-order valence-corrected chi connectivity index (χ3v) is 5.30. The summed E-state index contributed by atoms with van der Waals surface area (Å²) in [6.45, 7) is 5.84. The van der Waals surface area contributed by atoms with E-state index < -0.39 is 22.0 Å². The lowest BCUT2D eigenvalue weighted by Gasteiger charge is -2.16. The summed E-state index contributed by atoms with van der Waals surface area (Å²) in [6.07, 6.45) is 0. The lowest BCUT2D eigenvalue weighted by atomic mass is 10.1. The number of ether oxygens (including phenoxy) is 1. The van der Waals surface area contributed by atoms with Crippen molar-refractivity contribution in [2.24, 2.45) is 0 Å². The summed E-state index contributed by atoms with van der Waals surface area (Å²) < 4.78 is 32.8. The Morgan fingerprint density at radius 2 is 2.10 bits per heavy atom. The van der Waals surface area contributed by atoms with E-state index in [9.17, 15) is 13.2 Å². The quantitative estimate of drug-likeness (QED) is 0.756. The van der Waals surface area contributed by atoms with Gasteiger partial charge >= 0.3 is 5.97 Å². The van der Waals surface area contributed by atoms with Gasteiger partial charge in [0.25, 0.3) is 0 Å². The molecule has 1 rings (SSSR count). The summed E-state index contributed by atoms with van der Waals surface area (Å²) >= 11 is 3.19. The van der Waals surface area contributed by atoms with Crippen LogP contribution in [0.5, 0.6) is 0 Å². The molecule has 1 aromatic carbocycles. The van der Waals surface area contributed by atoms with Gasteiger partial charge in [0.15, 0.2) is 0 Å². The van der Waals surface area contributed by atoms with E-state index in [0.29, 0.717) is 16.6 Å². The van der Waals surface area contributed by atoms with E-state index in [2.05, 4.69) is 20.7 Å². The number of carboxylic acids is 1. The van der Waals surface area contributed by atoms with Crippen molar-refractivity contribution in [1.82, 2.24) is 4.72 Å². The molecule has 0 aromatic heterocycles. The molecule has 0 aliphatic carbocycles. The van der Waals surface area contributed by atoms with E-state index in [-0.39, 0.29) is 17.1 Å². The first kappa shape index (κ1) is 18.1. The van der Waals surface area contributed by atoms with Crippen LogP contribution in [0.4, 0.5) is 0 Å². The van der Waals surface area contributed by atoms with Gasteiger partial charge in [0.1, 0.15) is 0 Å². The van der Waals surface area contributed by atoms with Gasteiger partial charge in [0.05, 0.1) is 17.1 Å². The minimum atomic E-state index is -3.82.